The monoisotopic (exact) mass is 347 g/mol. The second-order valence-electron chi connectivity index (χ2n) is 6.20. The molecule has 136 valence electrons. The van der Waals surface area contributed by atoms with Crippen molar-refractivity contribution in [2.45, 2.75) is 25.6 Å². The van der Waals surface area contributed by atoms with Crippen molar-refractivity contribution in [3.63, 3.8) is 0 Å². The zero-order valence-corrected chi connectivity index (χ0v) is 15.0. The number of nitrogens with zero attached hydrogens (tertiary/aromatic N) is 1. The first-order valence-electron chi connectivity index (χ1n) is 8.58. The number of likely N-dealkylation sites (tertiary alicyclic amines) is 1. The van der Waals surface area contributed by atoms with Gasteiger partial charge in [0.1, 0.15) is 0 Å². The summed E-state index contributed by atoms with van der Waals surface area (Å²) in [5.74, 6) is 0.684. The zero-order chi connectivity index (χ0) is 17.9. The van der Waals surface area contributed by atoms with Crippen LogP contribution in [0.25, 0.3) is 6.08 Å². The maximum absolute atomic E-state index is 13.0. The van der Waals surface area contributed by atoms with Gasteiger partial charge in [-0.1, -0.05) is 12.2 Å². The number of amides is 1. The minimum atomic E-state index is -0.482. The van der Waals surface area contributed by atoms with Gasteiger partial charge in [-0.25, -0.2) is 0 Å². The topological polar surface area (TPSA) is 57.2 Å². The highest BCUT2D eigenvalue weighted by molar-refractivity contribution is 5.96. The van der Waals surface area contributed by atoms with Gasteiger partial charge in [-0.05, 0) is 19.1 Å². The average molecular weight is 347 g/mol. The smallest absolute Gasteiger partial charge is 0.254 e. The van der Waals surface area contributed by atoms with E-state index in [0.717, 1.165) is 5.56 Å². The summed E-state index contributed by atoms with van der Waals surface area (Å²) in [5.41, 5.74) is 1.42. The van der Waals surface area contributed by atoms with Crippen molar-refractivity contribution in [3.05, 3.63) is 29.3 Å². The van der Waals surface area contributed by atoms with Crippen LogP contribution in [0, 0.1) is 0 Å². The molecule has 1 amide bonds. The first-order chi connectivity index (χ1) is 12.1. The number of methoxy groups -OCH3 is 2. The molecule has 1 spiro atoms. The number of hydrogen-bond acceptors (Lipinski definition) is 5. The predicted molar refractivity (Wildman–Crippen MR) is 94.0 cm³/mol. The van der Waals surface area contributed by atoms with Crippen LogP contribution in [0.3, 0.4) is 0 Å². The third kappa shape index (κ3) is 3.50. The van der Waals surface area contributed by atoms with Crippen LogP contribution in [0.4, 0.5) is 0 Å². The van der Waals surface area contributed by atoms with Crippen LogP contribution < -0.4 is 9.47 Å². The molecule has 2 aliphatic heterocycles. The minimum absolute atomic E-state index is 0.0143. The van der Waals surface area contributed by atoms with Crippen molar-refractivity contribution < 1.29 is 23.7 Å². The first-order valence-corrected chi connectivity index (χ1v) is 8.58. The van der Waals surface area contributed by atoms with Crippen LogP contribution in [-0.2, 0) is 9.47 Å². The molecule has 2 fully saturated rings. The highest BCUT2D eigenvalue weighted by atomic mass is 16.7. The van der Waals surface area contributed by atoms with Crippen LogP contribution in [0.5, 0.6) is 11.5 Å². The predicted octanol–water partition coefficient (Wildman–Crippen LogP) is 2.72. The van der Waals surface area contributed by atoms with Gasteiger partial charge in [-0.15, -0.1) is 0 Å². The molecule has 1 aromatic carbocycles. The Hall–Kier alpha value is -2.05. The Bertz CT molecular complexity index is 654. The van der Waals surface area contributed by atoms with Crippen molar-refractivity contribution >= 4 is 12.0 Å². The number of carbonyl (C=O) groups is 1. The van der Waals surface area contributed by atoms with Gasteiger partial charge in [0.2, 0.25) is 0 Å². The van der Waals surface area contributed by atoms with Crippen LogP contribution in [0.15, 0.2) is 18.2 Å². The molecule has 0 radical (unpaired) electrons. The van der Waals surface area contributed by atoms with Gasteiger partial charge in [0, 0.05) is 37.1 Å². The van der Waals surface area contributed by atoms with Gasteiger partial charge in [-0.2, -0.15) is 0 Å². The maximum Gasteiger partial charge on any atom is 0.254 e. The third-order valence-corrected chi connectivity index (χ3v) is 4.73. The van der Waals surface area contributed by atoms with Crippen molar-refractivity contribution in [2.75, 3.05) is 40.5 Å². The van der Waals surface area contributed by atoms with E-state index in [1.165, 1.54) is 0 Å². The molecule has 1 aromatic rings. The molecule has 6 nitrogen and oxygen atoms in total. The molecule has 0 bridgehead atoms. The van der Waals surface area contributed by atoms with Crippen molar-refractivity contribution in [1.82, 2.24) is 4.90 Å². The highest BCUT2D eigenvalue weighted by Crippen LogP contribution is 2.35. The third-order valence-electron chi connectivity index (χ3n) is 4.73. The molecular weight excluding hydrogens is 322 g/mol. The average Bonchev–Trinajstić information content (AvgIpc) is 3.09. The van der Waals surface area contributed by atoms with E-state index in [1.807, 2.05) is 30.0 Å². The molecule has 0 aromatic heterocycles. The van der Waals surface area contributed by atoms with E-state index in [9.17, 15) is 4.79 Å². The molecule has 3 rings (SSSR count). The van der Waals surface area contributed by atoms with Crippen LogP contribution in [-0.4, -0.2) is 57.1 Å². The summed E-state index contributed by atoms with van der Waals surface area (Å²) in [6.45, 7) is 4.43. The lowest BCUT2D eigenvalue weighted by atomic mass is 10.0. The Morgan fingerprint density at radius 3 is 2.40 bits per heavy atom. The van der Waals surface area contributed by atoms with Crippen molar-refractivity contribution in [1.29, 1.82) is 0 Å². The molecular formula is C19H25NO5. The fourth-order valence-electron chi connectivity index (χ4n) is 3.44. The standard InChI is InChI=1S/C19H25NO5/c1-4-5-14-12-15(13-16(22-2)17(14)23-3)18(21)20-8-6-19(7-9-20)24-10-11-25-19/h4-5,12-13H,6-11H2,1-3H3. The molecule has 0 atom stereocenters. The second kappa shape index (κ2) is 7.45. The van der Waals surface area contributed by atoms with E-state index >= 15 is 0 Å². The van der Waals surface area contributed by atoms with E-state index in [0.29, 0.717) is 56.2 Å². The molecule has 6 heteroatoms. The number of carbonyl (C=O) groups excluding carboxylic acids is 1. The molecule has 2 saturated heterocycles. The lowest BCUT2D eigenvalue weighted by molar-refractivity contribution is -0.181. The summed E-state index contributed by atoms with van der Waals surface area (Å²) in [6.07, 6.45) is 5.22. The Morgan fingerprint density at radius 2 is 1.84 bits per heavy atom. The highest BCUT2D eigenvalue weighted by Gasteiger charge is 2.41. The SMILES string of the molecule is CC=Cc1cc(C(=O)N2CCC3(CC2)OCCO3)cc(OC)c1OC. The molecule has 0 saturated carbocycles. The number of allylic oxidation sites excluding steroid dienone is 1. The zero-order valence-electron chi connectivity index (χ0n) is 15.0. The van der Waals surface area contributed by atoms with E-state index in [2.05, 4.69) is 0 Å². The fourth-order valence-corrected chi connectivity index (χ4v) is 3.44. The molecule has 2 aliphatic rings. The molecule has 0 N–H and O–H groups in total. The van der Waals surface area contributed by atoms with Crippen LogP contribution in [0.1, 0.15) is 35.7 Å². The summed E-state index contributed by atoms with van der Waals surface area (Å²) in [4.78, 5) is 14.8. The summed E-state index contributed by atoms with van der Waals surface area (Å²) < 4.78 is 22.3. The van der Waals surface area contributed by atoms with E-state index in [1.54, 1.807) is 20.3 Å². The van der Waals surface area contributed by atoms with Gasteiger partial charge in [-0.3, -0.25) is 4.79 Å². The van der Waals surface area contributed by atoms with Gasteiger partial charge >= 0.3 is 0 Å². The fraction of sp³-hybridized carbons (Fsp3) is 0.526. The summed E-state index contributed by atoms with van der Waals surface area (Å²) >= 11 is 0. The van der Waals surface area contributed by atoms with Crippen LogP contribution >= 0.6 is 0 Å². The first kappa shape index (κ1) is 17.8. The molecule has 25 heavy (non-hydrogen) atoms. The number of rotatable bonds is 4. The molecule has 0 unspecified atom stereocenters. The quantitative estimate of drug-likeness (QED) is 0.838. The number of ether oxygens (including phenoxy) is 4. The maximum atomic E-state index is 13.0. The van der Waals surface area contributed by atoms with Gasteiger partial charge in [0.25, 0.3) is 5.91 Å². The normalized spacial score (nSPS) is 19.6. The van der Waals surface area contributed by atoms with Crippen molar-refractivity contribution in [3.8, 4) is 11.5 Å². The van der Waals surface area contributed by atoms with Gasteiger partial charge < -0.3 is 23.8 Å². The van der Waals surface area contributed by atoms with E-state index < -0.39 is 5.79 Å². The summed E-state index contributed by atoms with van der Waals surface area (Å²) in [7, 11) is 3.17. The van der Waals surface area contributed by atoms with Crippen LogP contribution in [0.2, 0.25) is 0 Å². The van der Waals surface area contributed by atoms with E-state index in [-0.39, 0.29) is 5.91 Å². The van der Waals surface area contributed by atoms with E-state index in [4.69, 9.17) is 18.9 Å². The minimum Gasteiger partial charge on any atom is -0.493 e. The number of hydrogen-bond donors (Lipinski definition) is 0. The Kier molecular flexibility index (Phi) is 5.30. The largest absolute Gasteiger partial charge is 0.493 e. The second-order valence-corrected chi connectivity index (χ2v) is 6.20. The summed E-state index contributed by atoms with van der Waals surface area (Å²) in [5, 5.41) is 0. The lowest BCUT2D eigenvalue weighted by Crippen LogP contribution is -2.47. The Balaban J connectivity index is 1.81. The number of benzene rings is 1. The summed E-state index contributed by atoms with van der Waals surface area (Å²) in [6, 6.07) is 3.58. The van der Waals surface area contributed by atoms with Gasteiger partial charge in [0.15, 0.2) is 17.3 Å². The molecule has 0 aliphatic carbocycles. The Labute approximate surface area is 148 Å². The molecule has 2 heterocycles. The van der Waals surface area contributed by atoms with Gasteiger partial charge in [0.05, 0.1) is 27.4 Å². The number of piperidine rings is 1. The van der Waals surface area contributed by atoms with Crippen molar-refractivity contribution in [2.24, 2.45) is 0 Å². The lowest BCUT2D eigenvalue weighted by Gasteiger charge is -2.37. The Morgan fingerprint density at radius 1 is 1.16 bits per heavy atom.